The molecule has 2 N–H and O–H groups in total. The van der Waals surface area contributed by atoms with Crippen molar-refractivity contribution in [3.63, 3.8) is 0 Å². The van der Waals surface area contributed by atoms with Gasteiger partial charge in [0.05, 0.1) is 11.6 Å². The lowest BCUT2D eigenvalue weighted by molar-refractivity contribution is 0.251. The van der Waals surface area contributed by atoms with Crippen LogP contribution >= 0.6 is 0 Å². The predicted octanol–water partition coefficient (Wildman–Crippen LogP) is 3.51. The zero-order valence-electron chi connectivity index (χ0n) is 12.0. The van der Waals surface area contributed by atoms with Gasteiger partial charge in [-0.15, -0.1) is 0 Å². The molecule has 0 saturated heterocycles. The molecule has 1 fully saturated rings. The van der Waals surface area contributed by atoms with Crippen LogP contribution in [0.15, 0.2) is 42.5 Å². The third-order valence-electron chi connectivity index (χ3n) is 3.75. The molecule has 3 rings (SSSR count). The molecule has 0 aliphatic heterocycles. The third kappa shape index (κ3) is 3.29. The highest BCUT2D eigenvalue weighted by Crippen LogP contribution is 2.43. The number of nitrogens with one attached hydrogen (secondary N) is 2. The van der Waals surface area contributed by atoms with Crippen molar-refractivity contribution in [2.24, 2.45) is 0 Å². The van der Waals surface area contributed by atoms with E-state index in [0.717, 1.165) is 0 Å². The van der Waals surface area contributed by atoms with Crippen LogP contribution in [0.25, 0.3) is 0 Å². The Kier molecular flexibility index (Phi) is 3.94. The Bertz CT molecular complexity index is 763. The molecular weight excluding hydrogens is 300 g/mol. The standard InChI is InChI=1S/C17H13F2N3O/c18-13-2-1-3-14(19)16(13)12-8-15(12)22-17(23)21-11-6-4-10(9-20)5-7-11/h1-7,12,15H,8H2,(H2,21,22,23)/t12-,15-/m0/s1. The molecule has 1 aliphatic carbocycles. The van der Waals surface area contributed by atoms with Gasteiger partial charge in [0.2, 0.25) is 0 Å². The second-order valence-electron chi connectivity index (χ2n) is 5.37. The fraction of sp³-hybridized carbons (Fsp3) is 0.176. The number of hydrogen-bond acceptors (Lipinski definition) is 2. The maximum atomic E-state index is 13.7. The first-order valence-electron chi connectivity index (χ1n) is 7.10. The second kappa shape index (κ2) is 6.05. The monoisotopic (exact) mass is 313 g/mol. The van der Waals surface area contributed by atoms with Crippen molar-refractivity contribution in [1.29, 1.82) is 5.26 Å². The highest BCUT2D eigenvalue weighted by atomic mass is 19.1. The fourth-order valence-corrected chi connectivity index (χ4v) is 2.50. The number of benzene rings is 2. The molecule has 116 valence electrons. The van der Waals surface area contributed by atoms with Gasteiger partial charge in [-0.1, -0.05) is 6.07 Å². The summed E-state index contributed by atoms with van der Waals surface area (Å²) in [5.41, 5.74) is 1.06. The number of carbonyl (C=O) groups is 1. The average molecular weight is 313 g/mol. The summed E-state index contributed by atoms with van der Waals surface area (Å²) < 4.78 is 27.4. The van der Waals surface area contributed by atoms with E-state index in [1.54, 1.807) is 24.3 Å². The SMILES string of the molecule is N#Cc1ccc(NC(=O)N[C@H]2C[C@@H]2c2c(F)cccc2F)cc1. The third-order valence-corrected chi connectivity index (χ3v) is 3.75. The van der Waals surface area contributed by atoms with Crippen molar-refractivity contribution in [2.75, 3.05) is 5.32 Å². The van der Waals surface area contributed by atoms with Gasteiger partial charge in [-0.3, -0.25) is 0 Å². The fourth-order valence-electron chi connectivity index (χ4n) is 2.50. The van der Waals surface area contributed by atoms with Gasteiger partial charge < -0.3 is 10.6 Å². The van der Waals surface area contributed by atoms with Crippen LogP contribution < -0.4 is 10.6 Å². The van der Waals surface area contributed by atoms with Crippen LogP contribution in [0.3, 0.4) is 0 Å². The lowest BCUT2D eigenvalue weighted by Gasteiger charge is -2.08. The molecule has 23 heavy (non-hydrogen) atoms. The normalized spacial score (nSPS) is 18.8. The summed E-state index contributed by atoms with van der Waals surface area (Å²) in [6.45, 7) is 0. The van der Waals surface area contributed by atoms with Gasteiger partial charge in [-0.05, 0) is 42.8 Å². The number of rotatable bonds is 3. The molecule has 0 radical (unpaired) electrons. The number of amides is 2. The Morgan fingerprint density at radius 3 is 2.39 bits per heavy atom. The molecule has 0 aromatic heterocycles. The van der Waals surface area contributed by atoms with Crippen LogP contribution in [0.4, 0.5) is 19.3 Å². The topological polar surface area (TPSA) is 64.9 Å². The molecule has 1 aliphatic rings. The van der Waals surface area contributed by atoms with Gasteiger partial charge >= 0.3 is 6.03 Å². The van der Waals surface area contributed by atoms with Crippen molar-refractivity contribution in [2.45, 2.75) is 18.4 Å². The number of hydrogen-bond donors (Lipinski definition) is 2. The molecule has 6 heteroatoms. The van der Waals surface area contributed by atoms with E-state index >= 15 is 0 Å². The van der Waals surface area contributed by atoms with E-state index < -0.39 is 17.7 Å². The number of nitrogens with zero attached hydrogens (tertiary/aromatic N) is 1. The number of nitriles is 1. The Morgan fingerprint density at radius 2 is 1.78 bits per heavy atom. The van der Waals surface area contributed by atoms with Crippen molar-refractivity contribution in [1.82, 2.24) is 5.32 Å². The summed E-state index contributed by atoms with van der Waals surface area (Å²) in [6.07, 6.45) is 0.499. The minimum absolute atomic E-state index is 0.0242. The minimum atomic E-state index is -0.591. The summed E-state index contributed by atoms with van der Waals surface area (Å²) in [5.74, 6) is -1.53. The molecule has 0 bridgehead atoms. The van der Waals surface area contributed by atoms with E-state index in [9.17, 15) is 13.6 Å². The Labute approximate surface area is 131 Å². The van der Waals surface area contributed by atoms with Crippen LogP contribution in [0, 0.1) is 23.0 Å². The van der Waals surface area contributed by atoms with Crippen molar-refractivity contribution >= 4 is 11.7 Å². The summed E-state index contributed by atoms with van der Waals surface area (Å²) in [6, 6.07) is 11.4. The first-order valence-corrected chi connectivity index (χ1v) is 7.10. The van der Waals surface area contributed by atoms with Crippen molar-refractivity contribution in [3.8, 4) is 6.07 Å². The lowest BCUT2D eigenvalue weighted by Crippen LogP contribution is -2.31. The van der Waals surface area contributed by atoms with E-state index in [0.29, 0.717) is 17.7 Å². The van der Waals surface area contributed by atoms with Gasteiger partial charge in [-0.25, -0.2) is 13.6 Å². The summed E-state index contributed by atoms with van der Waals surface area (Å²) in [5, 5.41) is 14.0. The van der Waals surface area contributed by atoms with Gasteiger partial charge in [0.15, 0.2) is 0 Å². The van der Waals surface area contributed by atoms with Crippen molar-refractivity contribution in [3.05, 3.63) is 65.2 Å². The zero-order chi connectivity index (χ0) is 16.4. The summed E-state index contributed by atoms with van der Waals surface area (Å²) in [7, 11) is 0. The smallest absolute Gasteiger partial charge is 0.319 e. The first kappa shape index (κ1) is 15.0. The van der Waals surface area contributed by atoms with Gasteiger partial charge in [0.25, 0.3) is 0 Å². The minimum Gasteiger partial charge on any atom is -0.334 e. The van der Waals surface area contributed by atoms with Crippen molar-refractivity contribution < 1.29 is 13.6 Å². The molecule has 0 heterocycles. The van der Waals surface area contributed by atoms with E-state index in [1.807, 2.05) is 6.07 Å². The number of urea groups is 1. The molecule has 2 atom stereocenters. The molecule has 0 spiro atoms. The van der Waals surface area contributed by atoms with Crippen LogP contribution in [-0.4, -0.2) is 12.1 Å². The largest absolute Gasteiger partial charge is 0.334 e. The Balaban J connectivity index is 1.59. The van der Waals surface area contributed by atoms with Gasteiger partial charge in [0, 0.05) is 23.2 Å². The Hall–Kier alpha value is -2.94. The van der Waals surface area contributed by atoms with Crippen LogP contribution in [0.2, 0.25) is 0 Å². The number of carbonyl (C=O) groups excluding carboxylic acids is 1. The van der Waals surface area contributed by atoms with E-state index in [-0.39, 0.29) is 17.5 Å². The lowest BCUT2D eigenvalue weighted by atomic mass is 10.1. The first-order chi connectivity index (χ1) is 11.1. The van der Waals surface area contributed by atoms with Gasteiger partial charge in [0.1, 0.15) is 11.6 Å². The molecule has 2 amide bonds. The Morgan fingerprint density at radius 1 is 1.13 bits per heavy atom. The highest BCUT2D eigenvalue weighted by molar-refractivity contribution is 5.89. The molecule has 0 unspecified atom stereocenters. The summed E-state index contributed by atoms with van der Waals surface area (Å²) >= 11 is 0. The number of anilines is 1. The quantitative estimate of drug-likeness (QED) is 0.910. The van der Waals surface area contributed by atoms with E-state index in [1.165, 1.54) is 18.2 Å². The van der Waals surface area contributed by atoms with E-state index in [2.05, 4.69) is 10.6 Å². The maximum absolute atomic E-state index is 13.7. The molecule has 4 nitrogen and oxygen atoms in total. The predicted molar refractivity (Wildman–Crippen MR) is 80.8 cm³/mol. The second-order valence-corrected chi connectivity index (χ2v) is 5.37. The number of halogens is 2. The molecule has 2 aromatic rings. The van der Waals surface area contributed by atoms with Crippen LogP contribution in [0.1, 0.15) is 23.5 Å². The maximum Gasteiger partial charge on any atom is 0.319 e. The van der Waals surface area contributed by atoms with Crippen LogP contribution in [-0.2, 0) is 0 Å². The van der Waals surface area contributed by atoms with Crippen LogP contribution in [0.5, 0.6) is 0 Å². The average Bonchev–Trinajstić information content (AvgIpc) is 3.26. The molecular formula is C17H13F2N3O. The van der Waals surface area contributed by atoms with E-state index in [4.69, 9.17) is 5.26 Å². The molecule has 1 saturated carbocycles. The summed E-state index contributed by atoms with van der Waals surface area (Å²) in [4.78, 5) is 11.9. The zero-order valence-corrected chi connectivity index (χ0v) is 12.0. The van der Waals surface area contributed by atoms with Gasteiger partial charge in [-0.2, -0.15) is 5.26 Å². The molecule has 2 aromatic carbocycles. The highest BCUT2D eigenvalue weighted by Gasteiger charge is 2.42.